The van der Waals surface area contributed by atoms with Gasteiger partial charge in [-0.2, -0.15) is 5.26 Å². The van der Waals surface area contributed by atoms with Crippen LogP contribution in [0.1, 0.15) is 23.6 Å². The average Bonchev–Trinajstić information content (AvgIpc) is 3.35. The molecule has 0 saturated carbocycles. The van der Waals surface area contributed by atoms with Crippen molar-refractivity contribution in [2.75, 3.05) is 18.0 Å². The molecule has 3 aliphatic rings. The zero-order valence-electron chi connectivity index (χ0n) is 15.3. The van der Waals surface area contributed by atoms with Crippen LogP contribution in [-0.4, -0.2) is 41.0 Å². The van der Waals surface area contributed by atoms with E-state index in [9.17, 15) is 9.59 Å². The van der Waals surface area contributed by atoms with Gasteiger partial charge in [0.25, 0.3) is 5.91 Å². The number of nitriles is 1. The van der Waals surface area contributed by atoms with Gasteiger partial charge in [0.15, 0.2) is 0 Å². The third kappa shape index (κ3) is 2.70. The second-order valence-corrected chi connectivity index (χ2v) is 8.28. The third-order valence-corrected chi connectivity index (χ3v) is 6.48. The van der Waals surface area contributed by atoms with Crippen molar-refractivity contribution in [1.29, 1.82) is 5.26 Å². The summed E-state index contributed by atoms with van der Waals surface area (Å²) in [5.74, 6) is -1.04. The van der Waals surface area contributed by atoms with Gasteiger partial charge in [-0.1, -0.05) is 35.3 Å². The third-order valence-electron chi connectivity index (χ3n) is 5.94. The van der Waals surface area contributed by atoms with Crippen LogP contribution in [0.2, 0.25) is 10.0 Å². The number of nitrogens with zero attached hydrogens (tertiary/aromatic N) is 4. The van der Waals surface area contributed by atoms with E-state index in [1.807, 2.05) is 17.1 Å². The van der Waals surface area contributed by atoms with Crippen molar-refractivity contribution < 1.29 is 9.59 Å². The van der Waals surface area contributed by atoms with Crippen molar-refractivity contribution in [1.82, 2.24) is 10.0 Å². The molecule has 3 fully saturated rings. The Morgan fingerprint density at radius 1 is 0.931 bits per heavy atom. The highest BCUT2D eigenvalue weighted by Crippen LogP contribution is 2.49. The van der Waals surface area contributed by atoms with Gasteiger partial charge < -0.3 is 0 Å². The summed E-state index contributed by atoms with van der Waals surface area (Å²) in [5, 5.41) is 14.0. The second kappa shape index (κ2) is 6.82. The van der Waals surface area contributed by atoms with Gasteiger partial charge in [-0.25, -0.2) is 14.9 Å². The number of amides is 2. The monoisotopic (exact) mass is 426 g/mol. The molecule has 8 heteroatoms. The molecular weight excluding hydrogens is 411 g/mol. The summed E-state index contributed by atoms with van der Waals surface area (Å²) in [5.41, 5.74) is 1.85. The Morgan fingerprint density at radius 2 is 1.62 bits per heavy atom. The number of carbonyl (C=O) groups excluding carboxylic acids is 2. The van der Waals surface area contributed by atoms with Crippen LogP contribution < -0.4 is 4.90 Å². The first-order valence-corrected chi connectivity index (χ1v) is 10.1. The second-order valence-electron chi connectivity index (χ2n) is 7.44. The average molecular weight is 427 g/mol. The largest absolute Gasteiger partial charge is 0.274 e. The lowest BCUT2D eigenvalue weighted by Crippen LogP contribution is -2.44. The standard InChI is InChI=1S/C21H16Cl2N4O2/c22-14-6-7-16(15(23)10-14)27-20(28)17-18(13-4-2-12(11-24)3-5-13)25-8-1-9-26(25)19(17)21(27)29/h2-7,10,17-19H,1,8-9H2/t17-,18-,19+/m1/s1. The Kier molecular flexibility index (Phi) is 4.37. The zero-order valence-corrected chi connectivity index (χ0v) is 16.8. The summed E-state index contributed by atoms with van der Waals surface area (Å²) < 4.78 is 0. The maximum atomic E-state index is 13.5. The number of hydrogen-bond acceptors (Lipinski definition) is 5. The molecule has 0 bridgehead atoms. The number of imide groups is 1. The van der Waals surface area contributed by atoms with Gasteiger partial charge in [0.05, 0.1) is 34.3 Å². The number of benzene rings is 2. The molecule has 0 N–H and O–H groups in total. The summed E-state index contributed by atoms with van der Waals surface area (Å²) in [4.78, 5) is 28.0. The first-order chi connectivity index (χ1) is 14.0. The number of anilines is 1. The van der Waals surface area contributed by atoms with E-state index in [0.29, 0.717) is 16.3 Å². The minimum Gasteiger partial charge on any atom is -0.274 e. The van der Waals surface area contributed by atoms with Gasteiger partial charge in [-0.15, -0.1) is 0 Å². The van der Waals surface area contributed by atoms with E-state index in [4.69, 9.17) is 28.5 Å². The van der Waals surface area contributed by atoms with E-state index in [0.717, 1.165) is 25.1 Å². The van der Waals surface area contributed by atoms with Gasteiger partial charge >= 0.3 is 0 Å². The maximum Gasteiger partial charge on any atom is 0.253 e. The summed E-state index contributed by atoms with van der Waals surface area (Å²) >= 11 is 12.3. The molecule has 2 aromatic carbocycles. The van der Waals surface area contributed by atoms with Crippen molar-refractivity contribution >= 4 is 40.7 Å². The van der Waals surface area contributed by atoms with Crippen molar-refractivity contribution in [3.8, 4) is 6.07 Å². The summed E-state index contributed by atoms with van der Waals surface area (Å²) in [7, 11) is 0. The van der Waals surface area contributed by atoms with E-state index in [1.165, 1.54) is 11.0 Å². The highest BCUT2D eigenvalue weighted by atomic mass is 35.5. The van der Waals surface area contributed by atoms with Gasteiger partial charge in [0.1, 0.15) is 6.04 Å². The fraction of sp³-hybridized carbons (Fsp3) is 0.286. The fourth-order valence-electron chi connectivity index (χ4n) is 4.77. The molecule has 0 unspecified atom stereocenters. The van der Waals surface area contributed by atoms with E-state index < -0.39 is 12.0 Å². The molecule has 146 valence electrons. The van der Waals surface area contributed by atoms with Crippen molar-refractivity contribution in [2.24, 2.45) is 5.92 Å². The molecular formula is C21H16Cl2N4O2. The molecule has 0 aliphatic carbocycles. The van der Waals surface area contributed by atoms with Crippen LogP contribution >= 0.6 is 23.2 Å². The fourth-order valence-corrected chi connectivity index (χ4v) is 5.26. The van der Waals surface area contributed by atoms with Gasteiger partial charge in [0.2, 0.25) is 5.91 Å². The Labute approximate surface area is 177 Å². The highest BCUT2D eigenvalue weighted by Gasteiger charge is 2.63. The van der Waals surface area contributed by atoms with Crippen molar-refractivity contribution in [2.45, 2.75) is 18.5 Å². The normalized spacial score (nSPS) is 26.7. The number of carbonyl (C=O) groups is 2. The van der Waals surface area contributed by atoms with Crippen molar-refractivity contribution in [3.05, 3.63) is 63.6 Å². The lowest BCUT2D eigenvalue weighted by Gasteiger charge is -2.30. The molecule has 3 heterocycles. The van der Waals surface area contributed by atoms with E-state index in [2.05, 4.69) is 11.1 Å². The van der Waals surface area contributed by atoms with E-state index in [1.54, 1.807) is 24.3 Å². The van der Waals surface area contributed by atoms with Crippen LogP contribution in [0.4, 0.5) is 5.69 Å². The Hall–Kier alpha value is -2.43. The topological polar surface area (TPSA) is 67.6 Å². The van der Waals surface area contributed by atoms with Crippen molar-refractivity contribution in [3.63, 3.8) is 0 Å². The number of halogens is 2. The lowest BCUT2D eigenvalue weighted by molar-refractivity contribution is -0.126. The maximum absolute atomic E-state index is 13.5. The molecule has 3 aliphatic heterocycles. The summed E-state index contributed by atoms with van der Waals surface area (Å²) in [6.07, 6.45) is 0.930. The Balaban J connectivity index is 1.58. The minimum atomic E-state index is -0.544. The SMILES string of the molecule is N#Cc1ccc([C@@H]2[C@H]3C(=O)N(c4ccc(Cl)cc4Cl)C(=O)[C@H]3N3CCCN23)cc1. The van der Waals surface area contributed by atoms with Gasteiger partial charge in [0, 0.05) is 18.1 Å². The summed E-state index contributed by atoms with van der Waals surface area (Å²) in [6, 6.07) is 13.3. The van der Waals surface area contributed by atoms with E-state index >= 15 is 0 Å². The van der Waals surface area contributed by atoms with Crippen LogP contribution in [0.5, 0.6) is 0 Å². The molecule has 3 saturated heterocycles. The quantitative estimate of drug-likeness (QED) is 0.688. The van der Waals surface area contributed by atoms with Gasteiger partial charge in [-0.3, -0.25) is 9.59 Å². The van der Waals surface area contributed by atoms with Crippen LogP contribution in [0.25, 0.3) is 0 Å². The molecule has 2 aromatic rings. The molecule has 5 rings (SSSR count). The molecule has 2 amide bonds. The number of rotatable bonds is 2. The van der Waals surface area contributed by atoms with Gasteiger partial charge in [-0.05, 0) is 42.3 Å². The number of fused-ring (bicyclic) bond motifs is 3. The molecule has 0 spiro atoms. The molecule has 0 aromatic heterocycles. The van der Waals surface area contributed by atoms with E-state index in [-0.39, 0.29) is 22.9 Å². The first-order valence-electron chi connectivity index (χ1n) is 9.37. The number of hydrogen-bond donors (Lipinski definition) is 0. The first kappa shape index (κ1) is 18.6. The lowest BCUT2D eigenvalue weighted by atomic mass is 9.89. The Morgan fingerprint density at radius 3 is 2.28 bits per heavy atom. The number of hydrazine groups is 1. The van der Waals surface area contributed by atoms with Crippen LogP contribution in [0.15, 0.2) is 42.5 Å². The predicted molar refractivity (Wildman–Crippen MR) is 108 cm³/mol. The zero-order chi connectivity index (χ0) is 20.3. The molecule has 0 radical (unpaired) electrons. The smallest absolute Gasteiger partial charge is 0.253 e. The molecule has 29 heavy (non-hydrogen) atoms. The molecule has 6 nitrogen and oxygen atoms in total. The highest BCUT2D eigenvalue weighted by molar-refractivity contribution is 6.38. The predicted octanol–water partition coefficient (Wildman–Crippen LogP) is 3.40. The van der Waals surface area contributed by atoms with Crippen LogP contribution in [0, 0.1) is 17.2 Å². The summed E-state index contributed by atoms with van der Waals surface area (Å²) in [6.45, 7) is 1.52. The Bertz CT molecular complexity index is 1070. The minimum absolute atomic E-state index is 0.247. The molecule has 3 atom stereocenters. The van der Waals surface area contributed by atoms with Crippen LogP contribution in [-0.2, 0) is 9.59 Å². The van der Waals surface area contributed by atoms with Crippen LogP contribution in [0.3, 0.4) is 0 Å².